The third-order valence-electron chi connectivity index (χ3n) is 8.02. The lowest BCUT2D eigenvalue weighted by Gasteiger charge is -2.38. The number of likely N-dealkylation sites (tertiary alicyclic amines) is 2. The highest BCUT2D eigenvalue weighted by Gasteiger charge is 2.31. The predicted octanol–water partition coefficient (Wildman–Crippen LogP) is 5.97. The van der Waals surface area contributed by atoms with Gasteiger partial charge in [-0.2, -0.15) is 0 Å². The summed E-state index contributed by atoms with van der Waals surface area (Å²) in [5, 5.41) is 0. The van der Waals surface area contributed by atoms with Gasteiger partial charge in [-0.1, -0.05) is 66.7 Å². The number of ether oxygens (including phenoxy) is 2. The SMILES string of the molecule is COc1cc(CN2CCC[C@@H](C(=O)N3CCC(Cc4ccccc4)CC3)C2)ccc1OCc1ccccc1. The molecule has 0 unspecified atom stereocenters. The molecule has 0 bridgehead atoms. The molecule has 2 aliphatic heterocycles. The number of hydrogen-bond donors (Lipinski definition) is 0. The van der Waals surface area contributed by atoms with Crippen LogP contribution in [0.4, 0.5) is 0 Å². The molecule has 5 nitrogen and oxygen atoms in total. The first-order chi connectivity index (χ1) is 18.7. The lowest BCUT2D eigenvalue weighted by atomic mass is 9.89. The first-order valence-corrected chi connectivity index (χ1v) is 14.1. The number of nitrogens with zero attached hydrogens (tertiary/aromatic N) is 2. The van der Waals surface area contributed by atoms with E-state index in [1.807, 2.05) is 24.3 Å². The normalized spacial score (nSPS) is 18.8. The predicted molar refractivity (Wildman–Crippen MR) is 151 cm³/mol. The van der Waals surface area contributed by atoms with Crippen LogP contribution in [0, 0.1) is 11.8 Å². The van der Waals surface area contributed by atoms with Crippen LogP contribution < -0.4 is 9.47 Å². The van der Waals surface area contributed by atoms with Gasteiger partial charge in [0.1, 0.15) is 6.61 Å². The van der Waals surface area contributed by atoms with Crippen LogP contribution in [-0.2, 0) is 24.4 Å². The van der Waals surface area contributed by atoms with Gasteiger partial charge in [-0.3, -0.25) is 9.69 Å². The molecule has 0 aliphatic carbocycles. The van der Waals surface area contributed by atoms with Crippen molar-refractivity contribution in [1.82, 2.24) is 9.80 Å². The quantitative estimate of drug-likeness (QED) is 0.354. The van der Waals surface area contributed by atoms with Gasteiger partial charge in [-0.25, -0.2) is 0 Å². The lowest BCUT2D eigenvalue weighted by Crippen LogP contribution is -2.47. The maximum atomic E-state index is 13.4. The Kier molecular flexibility index (Phi) is 8.98. The molecule has 2 heterocycles. The maximum Gasteiger partial charge on any atom is 0.226 e. The molecule has 3 aromatic carbocycles. The van der Waals surface area contributed by atoms with E-state index >= 15 is 0 Å². The van der Waals surface area contributed by atoms with E-state index in [1.54, 1.807) is 7.11 Å². The second-order valence-electron chi connectivity index (χ2n) is 10.8. The summed E-state index contributed by atoms with van der Waals surface area (Å²) in [7, 11) is 1.69. The van der Waals surface area contributed by atoms with Crippen LogP contribution in [0.3, 0.4) is 0 Å². The van der Waals surface area contributed by atoms with Crippen LogP contribution in [0.1, 0.15) is 42.4 Å². The van der Waals surface area contributed by atoms with Crippen molar-refractivity contribution in [3.8, 4) is 11.5 Å². The Balaban J connectivity index is 1.12. The van der Waals surface area contributed by atoms with E-state index in [9.17, 15) is 4.79 Å². The molecule has 38 heavy (non-hydrogen) atoms. The smallest absolute Gasteiger partial charge is 0.226 e. The summed E-state index contributed by atoms with van der Waals surface area (Å²) in [6, 6.07) is 27.1. The minimum atomic E-state index is 0.102. The molecular formula is C33H40N2O3. The van der Waals surface area contributed by atoms with Gasteiger partial charge in [0.05, 0.1) is 13.0 Å². The van der Waals surface area contributed by atoms with Crippen molar-refractivity contribution >= 4 is 5.91 Å². The molecule has 0 radical (unpaired) electrons. The Morgan fingerprint density at radius 2 is 1.53 bits per heavy atom. The lowest BCUT2D eigenvalue weighted by molar-refractivity contribution is -0.138. The molecule has 2 aliphatic rings. The number of rotatable bonds is 9. The Labute approximate surface area is 227 Å². The van der Waals surface area contributed by atoms with Crippen LogP contribution in [0.5, 0.6) is 11.5 Å². The van der Waals surface area contributed by atoms with Gasteiger partial charge in [0.15, 0.2) is 11.5 Å². The van der Waals surface area contributed by atoms with Gasteiger partial charge < -0.3 is 14.4 Å². The first-order valence-electron chi connectivity index (χ1n) is 14.1. The highest BCUT2D eigenvalue weighted by molar-refractivity contribution is 5.79. The number of amides is 1. The standard InChI is InChI=1S/C33H40N2O3/c1-37-32-22-29(14-15-31(32)38-25-28-11-6-3-7-12-28)23-34-18-8-13-30(24-34)33(36)35-19-16-27(17-20-35)21-26-9-4-2-5-10-26/h2-7,9-12,14-15,22,27,30H,8,13,16-21,23-25H2,1H3/t30-/m1/s1. The molecule has 200 valence electrons. The number of carbonyl (C=O) groups excluding carboxylic acids is 1. The summed E-state index contributed by atoms with van der Waals surface area (Å²) in [6.45, 7) is 4.98. The van der Waals surface area contributed by atoms with E-state index in [0.717, 1.165) is 81.9 Å². The zero-order valence-corrected chi connectivity index (χ0v) is 22.6. The highest BCUT2D eigenvalue weighted by Crippen LogP contribution is 2.31. The van der Waals surface area contributed by atoms with Gasteiger partial charge in [0.2, 0.25) is 5.91 Å². The van der Waals surface area contributed by atoms with Crippen molar-refractivity contribution in [1.29, 1.82) is 0 Å². The second kappa shape index (κ2) is 13.0. The third-order valence-corrected chi connectivity index (χ3v) is 8.02. The molecular weight excluding hydrogens is 472 g/mol. The molecule has 5 heteroatoms. The van der Waals surface area contributed by atoms with Gasteiger partial charge in [0.25, 0.3) is 0 Å². The average molecular weight is 513 g/mol. The van der Waals surface area contributed by atoms with Gasteiger partial charge >= 0.3 is 0 Å². The van der Waals surface area contributed by atoms with Gasteiger partial charge in [-0.05, 0) is 73.4 Å². The third kappa shape index (κ3) is 6.96. The summed E-state index contributed by atoms with van der Waals surface area (Å²) in [5.74, 6) is 2.64. The Morgan fingerprint density at radius 1 is 0.816 bits per heavy atom. The summed E-state index contributed by atoms with van der Waals surface area (Å²) in [4.78, 5) is 18.0. The largest absolute Gasteiger partial charge is 0.493 e. The average Bonchev–Trinajstić information content (AvgIpc) is 2.97. The van der Waals surface area contributed by atoms with Crippen molar-refractivity contribution in [3.05, 3.63) is 95.6 Å². The summed E-state index contributed by atoms with van der Waals surface area (Å²) < 4.78 is 11.7. The van der Waals surface area contributed by atoms with Crippen molar-refractivity contribution in [2.75, 3.05) is 33.3 Å². The molecule has 2 saturated heterocycles. The molecule has 0 spiro atoms. The molecule has 0 aromatic heterocycles. The summed E-state index contributed by atoms with van der Waals surface area (Å²) >= 11 is 0. The minimum absolute atomic E-state index is 0.102. The molecule has 2 fully saturated rings. The fourth-order valence-electron chi connectivity index (χ4n) is 5.89. The van der Waals surface area contributed by atoms with Crippen LogP contribution in [0.15, 0.2) is 78.9 Å². The Hall–Kier alpha value is -3.31. The van der Waals surface area contributed by atoms with Crippen LogP contribution >= 0.6 is 0 Å². The minimum Gasteiger partial charge on any atom is -0.493 e. The van der Waals surface area contributed by atoms with Crippen LogP contribution in [-0.4, -0.2) is 49.0 Å². The van der Waals surface area contributed by atoms with E-state index < -0.39 is 0 Å². The van der Waals surface area contributed by atoms with E-state index in [2.05, 4.69) is 64.4 Å². The maximum absolute atomic E-state index is 13.4. The fraction of sp³-hybridized carbons (Fsp3) is 0.424. The van der Waals surface area contributed by atoms with Crippen molar-refractivity contribution in [3.63, 3.8) is 0 Å². The number of methoxy groups -OCH3 is 1. The first kappa shape index (κ1) is 26.3. The number of carbonyl (C=O) groups is 1. The van der Waals surface area contributed by atoms with Crippen molar-refractivity contribution in [2.24, 2.45) is 11.8 Å². The monoisotopic (exact) mass is 512 g/mol. The molecule has 5 rings (SSSR count). The van der Waals surface area contributed by atoms with E-state index in [4.69, 9.17) is 9.47 Å². The Morgan fingerprint density at radius 3 is 2.24 bits per heavy atom. The van der Waals surface area contributed by atoms with Crippen molar-refractivity contribution in [2.45, 2.75) is 45.3 Å². The summed E-state index contributed by atoms with van der Waals surface area (Å²) in [5.41, 5.74) is 3.72. The van der Waals surface area contributed by atoms with E-state index in [0.29, 0.717) is 18.4 Å². The molecule has 1 atom stereocenters. The van der Waals surface area contributed by atoms with Crippen LogP contribution in [0.25, 0.3) is 0 Å². The van der Waals surface area contributed by atoms with E-state index in [-0.39, 0.29) is 5.92 Å². The number of piperidine rings is 2. The molecule has 3 aromatic rings. The highest BCUT2D eigenvalue weighted by atomic mass is 16.5. The molecule has 1 amide bonds. The second-order valence-corrected chi connectivity index (χ2v) is 10.8. The molecule has 0 saturated carbocycles. The van der Waals surface area contributed by atoms with Gasteiger partial charge in [0, 0.05) is 26.2 Å². The van der Waals surface area contributed by atoms with Crippen molar-refractivity contribution < 1.29 is 14.3 Å². The van der Waals surface area contributed by atoms with Crippen LogP contribution in [0.2, 0.25) is 0 Å². The zero-order valence-electron chi connectivity index (χ0n) is 22.6. The number of hydrogen-bond acceptors (Lipinski definition) is 4. The fourth-order valence-corrected chi connectivity index (χ4v) is 5.89. The summed E-state index contributed by atoms with van der Waals surface area (Å²) in [6.07, 6.45) is 5.40. The van der Waals surface area contributed by atoms with Gasteiger partial charge in [-0.15, -0.1) is 0 Å². The topological polar surface area (TPSA) is 42.0 Å². The van der Waals surface area contributed by atoms with E-state index in [1.165, 1.54) is 11.1 Å². The zero-order chi connectivity index (χ0) is 26.2. The number of benzene rings is 3. The molecule has 0 N–H and O–H groups in total. The Bertz CT molecular complexity index is 1160.